The molecule has 0 aliphatic rings. The van der Waals surface area contributed by atoms with Crippen molar-refractivity contribution in [1.29, 1.82) is 0 Å². The van der Waals surface area contributed by atoms with E-state index in [9.17, 15) is 0 Å². The van der Waals surface area contributed by atoms with E-state index in [1.165, 1.54) is 97.3 Å². The van der Waals surface area contributed by atoms with Gasteiger partial charge in [0.2, 0.25) is 0 Å². The van der Waals surface area contributed by atoms with Gasteiger partial charge in [0.25, 0.3) is 0 Å². The summed E-state index contributed by atoms with van der Waals surface area (Å²) < 4.78 is 0. The fourth-order valence-corrected chi connectivity index (χ4v) is 8.44. The van der Waals surface area contributed by atoms with E-state index >= 15 is 0 Å². The van der Waals surface area contributed by atoms with Gasteiger partial charge in [-0.05, 0) is 118 Å². The Morgan fingerprint density at radius 2 is 0.783 bits per heavy atom. The first-order valence-electron chi connectivity index (χ1n) is 15.8. The van der Waals surface area contributed by atoms with Gasteiger partial charge in [-0.3, -0.25) is 9.97 Å². The second kappa shape index (κ2) is 8.74. The molecule has 0 amide bonds. The van der Waals surface area contributed by atoms with E-state index in [-0.39, 0.29) is 0 Å². The lowest BCUT2D eigenvalue weighted by atomic mass is 9.88. The standard InChI is InChI=1S/C44H24N2/c1-2-13-27-26(10-1)22-36-40-28(27)15-9-16-30(40)33-24-34-35(44(42(33)36)38-19-4-6-21-46-38)23-32-29-14-7-11-25-12-8-17-31(39(25)29)41(32)43(34)37-18-3-5-20-45-37/h1-24H. The van der Waals surface area contributed by atoms with E-state index < -0.39 is 0 Å². The van der Waals surface area contributed by atoms with Crippen molar-refractivity contribution in [2.45, 2.75) is 0 Å². The highest BCUT2D eigenvalue weighted by molar-refractivity contribution is 6.42. The third-order valence-corrected chi connectivity index (χ3v) is 10.2. The summed E-state index contributed by atoms with van der Waals surface area (Å²) in [5, 5.41) is 20.3. The van der Waals surface area contributed by atoms with Crippen molar-refractivity contribution >= 4 is 86.2 Å². The number of pyridine rings is 2. The molecule has 0 saturated carbocycles. The van der Waals surface area contributed by atoms with Crippen molar-refractivity contribution in [3.63, 3.8) is 0 Å². The molecule has 0 fully saturated rings. The fraction of sp³-hybridized carbons (Fsp3) is 0. The summed E-state index contributed by atoms with van der Waals surface area (Å²) in [6.45, 7) is 0. The number of hydrogen-bond donors (Lipinski definition) is 0. The first-order valence-corrected chi connectivity index (χ1v) is 15.8. The average Bonchev–Trinajstić information content (AvgIpc) is 3.61. The van der Waals surface area contributed by atoms with Gasteiger partial charge in [0.15, 0.2) is 0 Å². The zero-order valence-electron chi connectivity index (χ0n) is 24.8. The van der Waals surface area contributed by atoms with Crippen molar-refractivity contribution < 1.29 is 0 Å². The SMILES string of the molecule is c1ccc(-c2c3cc4c5cccc6c7ccccc7cc(c4c(-c4ccccn4)c3cc3c4cccc7cccc(c23)c74)c65)nc1. The zero-order chi connectivity index (χ0) is 29.9. The van der Waals surface area contributed by atoms with Gasteiger partial charge in [-0.25, -0.2) is 0 Å². The van der Waals surface area contributed by atoms with Crippen LogP contribution in [0.3, 0.4) is 0 Å². The van der Waals surface area contributed by atoms with Gasteiger partial charge in [-0.2, -0.15) is 0 Å². The molecule has 0 saturated heterocycles. The molecule has 2 nitrogen and oxygen atoms in total. The molecule has 0 aliphatic heterocycles. The van der Waals surface area contributed by atoms with Crippen molar-refractivity contribution in [1.82, 2.24) is 9.97 Å². The van der Waals surface area contributed by atoms with E-state index in [1.807, 2.05) is 24.5 Å². The molecule has 46 heavy (non-hydrogen) atoms. The Bertz CT molecular complexity index is 2990. The monoisotopic (exact) mass is 580 g/mol. The van der Waals surface area contributed by atoms with Gasteiger partial charge in [0.05, 0.1) is 11.4 Å². The molecule has 0 spiro atoms. The molecule has 0 atom stereocenters. The van der Waals surface area contributed by atoms with Crippen LogP contribution in [0.15, 0.2) is 146 Å². The normalized spacial score (nSPS) is 12.3. The van der Waals surface area contributed by atoms with Crippen LogP contribution in [-0.4, -0.2) is 9.97 Å². The third-order valence-electron chi connectivity index (χ3n) is 10.2. The lowest BCUT2D eigenvalue weighted by molar-refractivity contribution is 1.34. The second-order valence-corrected chi connectivity index (χ2v) is 12.5. The number of benzene rings is 7. The van der Waals surface area contributed by atoms with Gasteiger partial charge < -0.3 is 0 Å². The van der Waals surface area contributed by atoms with Gasteiger partial charge in [-0.15, -0.1) is 0 Å². The summed E-state index contributed by atoms with van der Waals surface area (Å²) in [5.41, 5.74) is 4.34. The first kappa shape index (κ1) is 24.2. The van der Waals surface area contributed by atoms with Crippen LogP contribution in [0.4, 0.5) is 0 Å². The molecule has 11 aromatic rings. The van der Waals surface area contributed by atoms with Crippen LogP contribution in [-0.2, 0) is 0 Å². The minimum absolute atomic E-state index is 0.985. The Hall–Kier alpha value is -6.12. The summed E-state index contributed by atoms with van der Waals surface area (Å²) in [7, 11) is 0. The molecule has 9 aromatic carbocycles. The maximum atomic E-state index is 5.02. The number of rotatable bonds is 2. The van der Waals surface area contributed by atoms with Crippen LogP contribution in [0.2, 0.25) is 0 Å². The number of aromatic nitrogens is 2. The van der Waals surface area contributed by atoms with E-state index in [2.05, 4.69) is 121 Å². The van der Waals surface area contributed by atoms with Crippen LogP contribution < -0.4 is 0 Å². The van der Waals surface area contributed by atoms with Gasteiger partial charge in [0.1, 0.15) is 0 Å². The maximum Gasteiger partial charge on any atom is 0.0714 e. The molecule has 2 heterocycles. The van der Waals surface area contributed by atoms with Gasteiger partial charge in [-0.1, -0.05) is 91.0 Å². The highest BCUT2D eigenvalue weighted by Crippen LogP contribution is 2.52. The van der Waals surface area contributed by atoms with E-state index in [0.717, 1.165) is 11.4 Å². The topological polar surface area (TPSA) is 25.8 Å². The summed E-state index contributed by atoms with van der Waals surface area (Å²) in [4.78, 5) is 10.0. The highest BCUT2D eigenvalue weighted by Gasteiger charge is 2.25. The largest absolute Gasteiger partial charge is 0.256 e. The Kier molecular flexibility index (Phi) is 4.61. The van der Waals surface area contributed by atoms with Crippen LogP contribution >= 0.6 is 0 Å². The predicted molar refractivity (Wildman–Crippen MR) is 195 cm³/mol. The smallest absolute Gasteiger partial charge is 0.0714 e. The summed E-state index contributed by atoms with van der Waals surface area (Å²) in [5.74, 6) is 0. The molecular weight excluding hydrogens is 556 g/mol. The quantitative estimate of drug-likeness (QED) is 0.190. The molecule has 0 bridgehead atoms. The molecule has 0 aliphatic carbocycles. The van der Waals surface area contributed by atoms with E-state index in [0.29, 0.717) is 0 Å². The summed E-state index contributed by atoms with van der Waals surface area (Å²) >= 11 is 0. The van der Waals surface area contributed by atoms with Crippen LogP contribution in [0.1, 0.15) is 0 Å². The van der Waals surface area contributed by atoms with Crippen LogP contribution in [0.5, 0.6) is 0 Å². The molecule has 2 aromatic heterocycles. The molecule has 0 N–H and O–H groups in total. The Labute approximate surface area is 263 Å². The highest BCUT2D eigenvalue weighted by atomic mass is 14.7. The summed E-state index contributed by atoms with van der Waals surface area (Å²) in [6, 6.07) is 48.8. The lowest BCUT2D eigenvalue weighted by Gasteiger charge is -2.15. The molecule has 210 valence electrons. The lowest BCUT2D eigenvalue weighted by Crippen LogP contribution is -1.91. The molecule has 0 unspecified atom stereocenters. The first-order chi connectivity index (χ1) is 22.8. The molecule has 2 heteroatoms. The molecular formula is C44H24N2. The van der Waals surface area contributed by atoms with Crippen molar-refractivity contribution in [2.24, 2.45) is 0 Å². The zero-order valence-corrected chi connectivity index (χ0v) is 24.8. The van der Waals surface area contributed by atoms with Crippen molar-refractivity contribution in [3.05, 3.63) is 146 Å². The molecule has 0 radical (unpaired) electrons. The number of nitrogens with zero attached hydrogens (tertiary/aromatic N) is 2. The van der Waals surface area contributed by atoms with Crippen molar-refractivity contribution in [3.8, 4) is 22.5 Å². The van der Waals surface area contributed by atoms with Crippen molar-refractivity contribution in [2.75, 3.05) is 0 Å². The Balaban J connectivity index is 1.48. The number of hydrogen-bond acceptors (Lipinski definition) is 2. The number of fused-ring (bicyclic) bond motifs is 9. The van der Waals surface area contributed by atoms with E-state index in [4.69, 9.17) is 9.97 Å². The Morgan fingerprint density at radius 1 is 0.283 bits per heavy atom. The van der Waals surface area contributed by atoms with Gasteiger partial charge >= 0.3 is 0 Å². The van der Waals surface area contributed by atoms with Gasteiger partial charge in [0, 0.05) is 34.3 Å². The van der Waals surface area contributed by atoms with E-state index in [1.54, 1.807) is 0 Å². The van der Waals surface area contributed by atoms with Crippen LogP contribution in [0.25, 0.3) is 109 Å². The maximum absolute atomic E-state index is 5.02. The fourth-order valence-electron chi connectivity index (χ4n) is 8.44. The summed E-state index contributed by atoms with van der Waals surface area (Å²) in [6.07, 6.45) is 3.83. The third kappa shape index (κ3) is 3.01. The Morgan fingerprint density at radius 3 is 1.43 bits per heavy atom. The van der Waals surface area contributed by atoms with Crippen LogP contribution in [0, 0.1) is 0 Å². The molecule has 11 rings (SSSR count). The minimum atomic E-state index is 0.985. The minimum Gasteiger partial charge on any atom is -0.256 e. The second-order valence-electron chi connectivity index (χ2n) is 12.5. The average molecular weight is 581 g/mol. The predicted octanol–water partition coefficient (Wildman–Crippen LogP) is 11.9.